The molecule has 3 aromatic rings. The summed E-state index contributed by atoms with van der Waals surface area (Å²) in [5, 5.41) is 6.63. The highest BCUT2D eigenvalue weighted by molar-refractivity contribution is 7.13. The Morgan fingerprint density at radius 1 is 1.14 bits per heavy atom. The van der Waals surface area contributed by atoms with Crippen LogP contribution in [0.15, 0.2) is 48.9 Å². The molecule has 2 aliphatic rings. The molecule has 0 radical (unpaired) electrons. The fourth-order valence-electron chi connectivity index (χ4n) is 6.91. The number of unbranched alkanes of at least 4 members (excludes halogenated alkanes) is 2. The average molecular weight is 703 g/mol. The van der Waals surface area contributed by atoms with Crippen molar-refractivity contribution in [1.82, 2.24) is 20.2 Å². The van der Waals surface area contributed by atoms with Crippen molar-refractivity contribution in [3.8, 4) is 22.2 Å². The quantitative estimate of drug-likeness (QED) is 0.0962. The molecule has 0 spiro atoms. The van der Waals surface area contributed by atoms with Crippen LogP contribution in [0.25, 0.3) is 21.6 Å². The molecule has 2 fully saturated rings. The van der Waals surface area contributed by atoms with E-state index in [0.717, 1.165) is 46.4 Å². The summed E-state index contributed by atoms with van der Waals surface area (Å²) >= 11 is 1.53. The summed E-state index contributed by atoms with van der Waals surface area (Å²) in [4.78, 5) is 52.7. The van der Waals surface area contributed by atoms with Crippen LogP contribution >= 0.6 is 11.3 Å². The highest BCUT2D eigenvalue weighted by Gasteiger charge is 2.62. The smallest absolute Gasteiger partial charge is 0.332 e. The minimum atomic E-state index is -1.16. The zero-order valence-corrected chi connectivity index (χ0v) is 30.9. The van der Waals surface area contributed by atoms with Gasteiger partial charge >= 0.3 is 5.97 Å². The van der Waals surface area contributed by atoms with Crippen LogP contribution in [0.1, 0.15) is 76.5 Å². The highest BCUT2D eigenvalue weighted by atomic mass is 32.1. The molecule has 2 amide bonds. The fraction of sp³-hybridized carbons (Fsp3) is 0.513. The Kier molecular flexibility index (Phi) is 11.7. The molecule has 1 N–H and O–H groups in total. The molecule has 10 nitrogen and oxygen atoms in total. The van der Waals surface area contributed by atoms with Gasteiger partial charge in [-0.2, -0.15) is 0 Å². The van der Waals surface area contributed by atoms with E-state index >= 15 is 0 Å². The monoisotopic (exact) mass is 702 g/mol. The molecule has 1 aromatic carbocycles. The van der Waals surface area contributed by atoms with Gasteiger partial charge in [0.25, 0.3) is 0 Å². The Morgan fingerprint density at radius 2 is 1.90 bits per heavy atom. The number of rotatable bonds is 16. The molecule has 0 bridgehead atoms. The van der Waals surface area contributed by atoms with Gasteiger partial charge in [0.2, 0.25) is 11.8 Å². The number of fused-ring (bicyclic) bond motifs is 1. The summed E-state index contributed by atoms with van der Waals surface area (Å²) in [5.41, 5.74) is 2.12. The lowest BCUT2D eigenvalue weighted by atomic mass is 9.93. The summed E-state index contributed by atoms with van der Waals surface area (Å²) in [7, 11) is 3.42. The number of nitrogens with zero attached hydrogens (tertiary/aromatic N) is 3. The van der Waals surface area contributed by atoms with Gasteiger partial charge in [0.1, 0.15) is 33.8 Å². The summed E-state index contributed by atoms with van der Waals surface area (Å²) in [5.74, 6) is -0.923. The Morgan fingerprint density at radius 3 is 2.54 bits per heavy atom. The molecule has 11 heteroatoms. The van der Waals surface area contributed by atoms with Crippen molar-refractivity contribution in [2.75, 3.05) is 27.3 Å². The number of amides is 2. The second-order valence-electron chi connectivity index (χ2n) is 13.7. The summed E-state index contributed by atoms with van der Waals surface area (Å²) in [6.45, 7) is 16.3. The molecule has 268 valence electrons. The Bertz CT molecular complexity index is 1750. The number of pyridine rings is 1. The van der Waals surface area contributed by atoms with Crippen LogP contribution < -0.4 is 14.8 Å². The van der Waals surface area contributed by atoms with Crippen LogP contribution in [0.4, 0.5) is 0 Å². The number of ether oxygens (including phenoxy) is 3. The molecule has 5 atom stereocenters. The van der Waals surface area contributed by atoms with Gasteiger partial charge in [0.15, 0.2) is 0 Å². The van der Waals surface area contributed by atoms with E-state index < -0.39 is 29.4 Å². The van der Waals surface area contributed by atoms with E-state index in [9.17, 15) is 14.4 Å². The van der Waals surface area contributed by atoms with Crippen LogP contribution in [0.5, 0.6) is 11.5 Å². The summed E-state index contributed by atoms with van der Waals surface area (Å²) in [6, 6.07) is 5.73. The molecule has 2 heterocycles. The van der Waals surface area contributed by atoms with Gasteiger partial charge in [-0.15, -0.1) is 24.5 Å². The molecule has 0 unspecified atom stereocenters. The van der Waals surface area contributed by atoms with Crippen LogP contribution in [-0.2, 0) is 19.1 Å². The minimum Gasteiger partial charge on any atom is -0.496 e. The molecular formula is C39H50N4O6S. The number of carbonyl (C=O) groups is 3. The Labute approximate surface area is 299 Å². The van der Waals surface area contributed by atoms with Crippen molar-refractivity contribution in [3.05, 3.63) is 60.1 Å². The Balaban J connectivity index is 1.47. The van der Waals surface area contributed by atoms with Gasteiger partial charge in [0, 0.05) is 41.9 Å². The summed E-state index contributed by atoms with van der Waals surface area (Å²) in [6.07, 6.45) is 6.78. The van der Waals surface area contributed by atoms with Gasteiger partial charge in [-0.05, 0) is 70.4 Å². The average Bonchev–Trinajstić information content (AvgIpc) is 3.39. The van der Waals surface area contributed by atoms with E-state index in [0.29, 0.717) is 43.0 Å². The minimum absolute atomic E-state index is 0.110. The number of hydrogen-bond donors (Lipinski definition) is 1. The van der Waals surface area contributed by atoms with E-state index in [-0.39, 0.29) is 30.3 Å². The van der Waals surface area contributed by atoms with Crippen molar-refractivity contribution in [2.24, 2.45) is 17.8 Å². The van der Waals surface area contributed by atoms with Crippen molar-refractivity contribution in [1.29, 1.82) is 0 Å². The number of aryl methyl sites for hydroxylation is 1. The lowest BCUT2D eigenvalue weighted by Crippen LogP contribution is -2.50. The maximum absolute atomic E-state index is 14.1. The van der Waals surface area contributed by atoms with E-state index in [1.165, 1.54) is 11.3 Å². The maximum Gasteiger partial charge on any atom is 0.332 e. The molecular weight excluding hydrogens is 653 g/mol. The Hall–Kier alpha value is -4.25. The second-order valence-corrected chi connectivity index (χ2v) is 14.6. The lowest BCUT2D eigenvalue weighted by Gasteiger charge is -2.26. The molecule has 5 rings (SSSR count). The second kappa shape index (κ2) is 15.7. The van der Waals surface area contributed by atoms with Crippen molar-refractivity contribution in [3.63, 3.8) is 0 Å². The first-order valence-corrected chi connectivity index (χ1v) is 18.4. The summed E-state index contributed by atoms with van der Waals surface area (Å²) < 4.78 is 17.8. The largest absolute Gasteiger partial charge is 0.496 e. The van der Waals surface area contributed by atoms with E-state index in [1.54, 1.807) is 32.1 Å². The van der Waals surface area contributed by atoms with Crippen molar-refractivity contribution >= 4 is 40.0 Å². The van der Waals surface area contributed by atoms with Crippen LogP contribution in [0, 0.1) is 24.7 Å². The number of allylic oxidation sites excluding steroid dienone is 1. The van der Waals surface area contributed by atoms with E-state index in [1.807, 2.05) is 31.2 Å². The van der Waals surface area contributed by atoms with Crippen molar-refractivity contribution in [2.45, 2.75) is 83.8 Å². The van der Waals surface area contributed by atoms with Gasteiger partial charge < -0.3 is 24.4 Å². The molecule has 50 heavy (non-hydrogen) atoms. The van der Waals surface area contributed by atoms with Crippen molar-refractivity contribution < 1.29 is 28.6 Å². The van der Waals surface area contributed by atoms with E-state index in [2.05, 4.69) is 37.7 Å². The zero-order valence-electron chi connectivity index (χ0n) is 30.1. The SMILES string of the molecule is C=CCCCCN(C)C(=O)[C@@H]1C[C@H](Oc2cc(-c3nc(C(C)C)cs3)nc3c(C)c(OC)ccc23)C[C@H]1C(=O)N[C@@]1(C(=O)OCC)C[C@H]1C=C. The molecule has 0 saturated heterocycles. The zero-order chi connectivity index (χ0) is 36.2. The number of carbonyl (C=O) groups excluding carboxylic acids is 3. The van der Waals surface area contributed by atoms with Crippen LogP contribution in [-0.4, -0.2) is 71.6 Å². The standard InChI is InChI=1S/C39H50N4O6S/c1-9-12-13-14-17-43(7)37(45)29-19-26(18-28(29)35(44)42-39(21-25(39)10-2)38(46)48-11-3)49-33-20-30(36-41-31(22-50-36)23(4)5)40-34-24(6)32(47-8)16-15-27(33)34/h9-10,15-16,20,22-23,25-26,28-29H,1-2,11-14,17-19,21H2,3-8H3,(H,42,44)/t25-,26-,28-,29-,39+/m1/s1. The fourth-order valence-corrected chi connectivity index (χ4v) is 7.85. The number of benzene rings is 1. The molecule has 0 aliphatic heterocycles. The highest BCUT2D eigenvalue weighted by Crippen LogP contribution is 2.47. The molecule has 2 saturated carbocycles. The first-order chi connectivity index (χ1) is 24.0. The number of aromatic nitrogens is 2. The van der Waals surface area contributed by atoms with Gasteiger partial charge in [-0.1, -0.05) is 26.0 Å². The first-order valence-electron chi connectivity index (χ1n) is 17.6. The number of thiazole rings is 1. The third-order valence-corrected chi connectivity index (χ3v) is 10.9. The number of hydrogen-bond acceptors (Lipinski definition) is 9. The lowest BCUT2D eigenvalue weighted by molar-refractivity contribution is -0.150. The molecule has 2 aliphatic carbocycles. The third kappa shape index (κ3) is 7.57. The van der Waals surface area contributed by atoms with Gasteiger partial charge in [0.05, 0.1) is 36.8 Å². The topological polar surface area (TPSA) is 120 Å². The van der Waals surface area contributed by atoms with Crippen LogP contribution in [0.3, 0.4) is 0 Å². The first kappa shape index (κ1) is 37.0. The van der Waals surface area contributed by atoms with Gasteiger partial charge in [-0.25, -0.2) is 14.8 Å². The molecule has 2 aromatic heterocycles. The normalized spacial score (nSPS) is 22.6. The number of methoxy groups -OCH3 is 1. The predicted octanol–water partition coefficient (Wildman–Crippen LogP) is 7.01. The predicted molar refractivity (Wildman–Crippen MR) is 196 cm³/mol. The number of esters is 1. The third-order valence-electron chi connectivity index (χ3n) is 9.98. The maximum atomic E-state index is 14.1. The van der Waals surface area contributed by atoms with Crippen LogP contribution in [0.2, 0.25) is 0 Å². The van der Waals surface area contributed by atoms with E-state index in [4.69, 9.17) is 24.2 Å². The van der Waals surface area contributed by atoms with Gasteiger partial charge in [-0.3, -0.25) is 9.59 Å². The number of nitrogens with one attached hydrogen (secondary N) is 1.